The summed E-state index contributed by atoms with van der Waals surface area (Å²) in [5, 5.41) is 0. The van der Waals surface area contributed by atoms with Gasteiger partial charge in [-0.15, -0.1) is 0 Å². The molecule has 0 bridgehead atoms. The number of piperidine rings is 1. The Hall–Kier alpha value is -2.72. The number of allylic oxidation sites excluding steroid dienone is 2. The Balaban J connectivity index is 1.55. The van der Waals surface area contributed by atoms with Gasteiger partial charge >= 0.3 is 0 Å². The number of Topliss-reactive ketones (excluding diaryl/α,β-unsaturated/α-hetero) is 1. The van der Waals surface area contributed by atoms with Crippen molar-refractivity contribution in [1.29, 1.82) is 0 Å². The minimum atomic E-state index is 0.209. The van der Waals surface area contributed by atoms with Gasteiger partial charge in [-0.2, -0.15) is 0 Å². The molecule has 4 nitrogen and oxygen atoms in total. The zero-order valence-corrected chi connectivity index (χ0v) is 16.8. The Morgan fingerprint density at radius 3 is 2.48 bits per heavy atom. The van der Waals surface area contributed by atoms with E-state index >= 15 is 0 Å². The van der Waals surface area contributed by atoms with Crippen molar-refractivity contribution in [2.24, 2.45) is 4.99 Å². The first-order valence-corrected chi connectivity index (χ1v) is 10.7. The lowest BCUT2D eigenvalue weighted by atomic mass is 9.81. The molecule has 0 N–H and O–H groups in total. The molecule has 1 unspecified atom stereocenters. The quantitative estimate of drug-likeness (QED) is 0.741. The van der Waals surface area contributed by atoms with Crippen LogP contribution in [0.3, 0.4) is 0 Å². The standard InChI is InChI=1S/C25H27N3O/c29-25-16-20(19-9-3-1-4-10-19)15-24-21(25)17-26-22-11-5-6-12-23(22)28(24)18-27-13-7-2-8-14-27/h1,3-6,9-12,17,20H,2,7-8,13-16,18H2. The molecule has 5 rings (SSSR count). The normalized spacial score (nSPS) is 22.3. The predicted octanol–water partition coefficient (Wildman–Crippen LogP) is 5.05. The lowest BCUT2D eigenvalue weighted by molar-refractivity contribution is -0.115. The minimum Gasteiger partial charge on any atom is -0.329 e. The topological polar surface area (TPSA) is 35.9 Å². The summed E-state index contributed by atoms with van der Waals surface area (Å²) in [5.74, 6) is 0.435. The molecule has 1 saturated heterocycles. The van der Waals surface area contributed by atoms with Crippen LogP contribution in [0.4, 0.5) is 11.4 Å². The lowest BCUT2D eigenvalue weighted by Crippen LogP contribution is -2.42. The number of carbonyl (C=O) groups excluding carboxylic acids is 1. The van der Waals surface area contributed by atoms with Gasteiger partial charge in [-0.1, -0.05) is 48.9 Å². The van der Waals surface area contributed by atoms with E-state index in [0.29, 0.717) is 6.42 Å². The van der Waals surface area contributed by atoms with Gasteiger partial charge in [-0.25, -0.2) is 0 Å². The summed E-state index contributed by atoms with van der Waals surface area (Å²) in [6.45, 7) is 3.07. The van der Waals surface area contributed by atoms with Crippen molar-refractivity contribution in [3.05, 3.63) is 71.4 Å². The number of likely N-dealkylation sites (tertiary alicyclic amines) is 1. The minimum absolute atomic E-state index is 0.209. The Morgan fingerprint density at radius 2 is 1.66 bits per heavy atom. The molecule has 0 spiro atoms. The van der Waals surface area contributed by atoms with E-state index in [4.69, 9.17) is 4.99 Å². The summed E-state index contributed by atoms with van der Waals surface area (Å²) in [6.07, 6.45) is 7.07. The van der Waals surface area contributed by atoms with E-state index in [1.165, 1.54) is 24.8 Å². The molecule has 148 valence electrons. The number of nitrogens with zero attached hydrogens (tertiary/aromatic N) is 3. The number of aliphatic imine (C=N–C) groups is 1. The SMILES string of the molecule is O=C1CC(c2ccccc2)CC2=C1C=Nc1ccccc1N2CN1CCCCC1. The maximum Gasteiger partial charge on any atom is 0.166 e. The molecular formula is C25H27N3O. The molecule has 0 radical (unpaired) electrons. The van der Waals surface area contributed by atoms with Crippen LogP contribution in [-0.4, -0.2) is 36.7 Å². The average Bonchev–Trinajstić information content (AvgIpc) is 2.93. The number of hydrogen-bond donors (Lipinski definition) is 0. The van der Waals surface area contributed by atoms with E-state index in [-0.39, 0.29) is 11.7 Å². The maximum atomic E-state index is 13.2. The molecule has 4 heteroatoms. The Labute approximate surface area is 172 Å². The molecule has 0 aromatic heterocycles. The zero-order chi connectivity index (χ0) is 19.6. The third-order valence-electron chi connectivity index (χ3n) is 6.38. The van der Waals surface area contributed by atoms with E-state index in [9.17, 15) is 4.79 Å². The summed E-state index contributed by atoms with van der Waals surface area (Å²) in [4.78, 5) is 22.8. The molecule has 2 aliphatic heterocycles. The van der Waals surface area contributed by atoms with Crippen LogP contribution < -0.4 is 4.90 Å². The van der Waals surface area contributed by atoms with Gasteiger partial charge in [0.25, 0.3) is 0 Å². The van der Waals surface area contributed by atoms with Gasteiger partial charge in [0, 0.05) is 18.3 Å². The van der Waals surface area contributed by atoms with E-state index < -0.39 is 0 Å². The summed E-state index contributed by atoms with van der Waals surface area (Å²) in [6, 6.07) is 18.8. The van der Waals surface area contributed by atoms with Crippen molar-refractivity contribution in [2.45, 2.75) is 38.0 Å². The second-order valence-corrected chi connectivity index (χ2v) is 8.29. The number of benzene rings is 2. The van der Waals surface area contributed by atoms with Gasteiger partial charge in [0.1, 0.15) is 0 Å². The number of rotatable bonds is 3. The fraction of sp³-hybridized carbons (Fsp3) is 0.360. The van der Waals surface area contributed by atoms with Crippen molar-refractivity contribution in [3.8, 4) is 0 Å². The largest absolute Gasteiger partial charge is 0.329 e. The van der Waals surface area contributed by atoms with Crippen LogP contribution in [0, 0.1) is 0 Å². The molecule has 3 aliphatic rings. The first-order chi connectivity index (χ1) is 14.3. The number of hydrogen-bond acceptors (Lipinski definition) is 4. The number of para-hydroxylation sites is 2. The Bertz CT molecular complexity index is 957. The monoisotopic (exact) mass is 385 g/mol. The van der Waals surface area contributed by atoms with E-state index in [0.717, 1.165) is 48.8 Å². The third kappa shape index (κ3) is 3.65. The summed E-state index contributed by atoms with van der Waals surface area (Å²) >= 11 is 0. The highest BCUT2D eigenvalue weighted by Gasteiger charge is 2.33. The number of fused-ring (bicyclic) bond motifs is 1. The van der Waals surface area contributed by atoms with Crippen molar-refractivity contribution >= 4 is 23.4 Å². The lowest BCUT2D eigenvalue weighted by Gasteiger charge is -2.38. The predicted molar refractivity (Wildman–Crippen MR) is 118 cm³/mol. The van der Waals surface area contributed by atoms with Crippen LogP contribution in [-0.2, 0) is 4.79 Å². The third-order valence-corrected chi connectivity index (χ3v) is 6.38. The van der Waals surface area contributed by atoms with Gasteiger partial charge < -0.3 is 4.90 Å². The van der Waals surface area contributed by atoms with Crippen molar-refractivity contribution in [1.82, 2.24) is 4.90 Å². The summed E-state index contributed by atoms with van der Waals surface area (Å²) < 4.78 is 0. The van der Waals surface area contributed by atoms with Gasteiger partial charge in [0.2, 0.25) is 0 Å². The second-order valence-electron chi connectivity index (χ2n) is 8.29. The molecule has 0 saturated carbocycles. The number of anilines is 1. The molecule has 1 aliphatic carbocycles. The van der Waals surface area contributed by atoms with E-state index in [1.807, 2.05) is 24.4 Å². The highest BCUT2D eigenvalue weighted by atomic mass is 16.1. The fourth-order valence-corrected chi connectivity index (χ4v) is 4.82. The van der Waals surface area contributed by atoms with E-state index in [2.05, 4.69) is 46.2 Å². The number of carbonyl (C=O) groups is 1. The summed E-state index contributed by atoms with van der Waals surface area (Å²) in [7, 11) is 0. The van der Waals surface area contributed by atoms with Gasteiger partial charge in [-0.05, 0) is 56.0 Å². The highest BCUT2D eigenvalue weighted by Crippen LogP contribution is 2.42. The fourth-order valence-electron chi connectivity index (χ4n) is 4.82. The van der Waals surface area contributed by atoms with Crippen LogP contribution in [0.5, 0.6) is 0 Å². The molecular weight excluding hydrogens is 358 g/mol. The van der Waals surface area contributed by atoms with Crippen LogP contribution in [0.15, 0.2) is 70.9 Å². The van der Waals surface area contributed by atoms with Gasteiger partial charge in [0.15, 0.2) is 5.78 Å². The van der Waals surface area contributed by atoms with E-state index in [1.54, 1.807) is 0 Å². The molecule has 29 heavy (non-hydrogen) atoms. The zero-order valence-electron chi connectivity index (χ0n) is 16.8. The van der Waals surface area contributed by atoms with Crippen LogP contribution >= 0.6 is 0 Å². The molecule has 1 atom stereocenters. The van der Waals surface area contributed by atoms with Crippen molar-refractivity contribution in [3.63, 3.8) is 0 Å². The first-order valence-electron chi connectivity index (χ1n) is 10.7. The summed E-state index contributed by atoms with van der Waals surface area (Å²) in [5.41, 5.74) is 5.24. The highest BCUT2D eigenvalue weighted by molar-refractivity contribution is 6.16. The van der Waals surface area contributed by atoms with Crippen molar-refractivity contribution in [2.75, 3.05) is 24.7 Å². The maximum absolute atomic E-state index is 13.2. The van der Waals surface area contributed by atoms with Crippen LogP contribution in [0.1, 0.15) is 43.6 Å². The molecule has 1 fully saturated rings. The first kappa shape index (κ1) is 18.3. The Kier molecular flexibility index (Phi) is 5.03. The number of ketones is 1. The van der Waals surface area contributed by atoms with Crippen molar-refractivity contribution < 1.29 is 4.79 Å². The second kappa shape index (κ2) is 7.96. The smallest absolute Gasteiger partial charge is 0.166 e. The van der Waals surface area contributed by atoms with Crippen LogP contribution in [0.2, 0.25) is 0 Å². The van der Waals surface area contributed by atoms with Crippen LogP contribution in [0.25, 0.3) is 0 Å². The molecule has 2 heterocycles. The molecule has 2 aromatic carbocycles. The van der Waals surface area contributed by atoms with Gasteiger partial charge in [-0.3, -0.25) is 14.7 Å². The average molecular weight is 386 g/mol. The van der Waals surface area contributed by atoms with Gasteiger partial charge in [0.05, 0.1) is 23.6 Å². The molecule has 0 amide bonds. The Morgan fingerprint density at radius 1 is 0.897 bits per heavy atom. The molecule has 2 aromatic rings.